The van der Waals surface area contributed by atoms with Crippen molar-refractivity contribution in [1.29, 1.82) is 5.26 Å². The van der Waals surface area contributed by atoms with Gasteiger partial charge in [-0.2, -0.15) is 5.26 Å². The topological polar surface area (TPSA) is 52.9 Å². The first-order valence-electron chi connectivity index (χ1n) is 6.54. The van der Waals surface area contributed by atoms with Gasteiger partial charge in [0.25, 0.3) is 0 Å². The number of nitrogens with one attached hydrogen (secondary N) is 1. The molecule has 0 saturated carbocycles. The summed E-state index contributed by atoms with van der Waals surface area (Å²) in [5.74, 6) is -0.188. The monoisotopic (exact) mass is 344 g/mol. The molecule has 0 fully saturated rings. The Balaban J connectivity index is 2.80. The van der Waals surface area contributed by atoms with Crippen molar-refractivity contribution in [3.05, 3.63) is 28.2 Å². The van der Waals surface area contributed by atoms with E-state index in [0.717, 1.165) is 4.90 Å². The molecule has 2 atom stereocenters. The highest BCUT2D eigenvalue weighted by molar-refractivity contribution is 8.00. The zero-order valence-corrected chi connectivity index (χ0v) is 14.7. The number of rotatable bonds is 5. The lowest BCUT2D eigenvalue weighted by Crippen LogP contribution is -2.51. The van der Waals surface area contributed by atoms with Crippen LogP contribution in [0.5, 0.6) is 0 Å². The number of nitriles is 1. The second-order valence-corrected chi connectivity index (χ2v) is 7.52. The average Bonchev–Trinajstić information content (AvgIpc) is 2.42. The Bertz CT molecular complexity index is 571. The maximum atomic E-state index is 12.3. The van der Waals surface area contributed by atoms with Gasteiger partial charge in [-0.3, -0.25) is 4.79 Å². The summed E-state index contributed by atoms with van der Waals surface area (Å²) < 4.78 is 0. The summed E-state index contributed by atoms with van der Waals surface area (Å²) in [6, 6.07) is 7.28. The fourth-order valence-electron chi connectivity index (χ4n) is 1.47. The largest absolute Gasteiger partial charge is 0.337 e. The molecule has 1 aromatic rings. The molecule has 114 valence electrons. The summed E-state index contributed by atoms with van der Waals surface area (Å²) in [7, 11) is 0. The van der Waals surface area contributed by atoms with Crippen molar-refractivity contribution < 1.29 is 4.79 Å². The van der Waals surface area contributed by atoms with E-state index in [2.05, 4.69) is 11.4 Å². The number of hydrogen-bond donors (Lipinski definition) is 1. The summed E-state index contributed by atoms with van der Waals surface area (Å²) in [5.41, 5.74) is -0.885. The van der Waals surface area contributed by atoms with E-state index in [1.807, 2.05) is 13.8 Å². The van der Waals surface area contributed by atoms with Crippen molar-refractivity contribution in [3.63, 3.8) is 0 Å². The number of benzene rings is 1. The van der Waals surface area contributed by atoms with Crippen LogP contribution in [0.15, 0.2) is 23.1 Å². The Morgan fingerprint density at radius 1 is 1.38 bits per heavy atom. The maximum absolute atomic E-state index is 12.3. The molecule has 1 rings (SSSR count). The fraction of sp³-hybridized carbons (Fsp3) is 0.467. The highest BCUT2D eigenvalue weighted by Gasteiger charge is 2.31. The van der Waals surface area contributed by atoms with Gasteiger partial charge in [0.05, 0.1) is 16.3 Å². The molecule has 1 N–H and O–H groups in total. The molecule has 0 aromatic heterocycles. The molecular weight excluding hydrogens is 327 g/mol. The summed E-state index contributed by atoms with van der Waals surface area (Å²) in [4.78, 5) is 13.0. The number of carbonyl (C=O) groups excluding carboxylic acids is 1. The van der Waals surface area contributed by atoms with E-state index in [1.54, 1.807) is 32.0 Å². The van der Waals surface area contributed by atoms with Gasteiger partial charge in [-0.1, -0.05) is 37.0 Å². The van der Waals surface area contributed by atoms with Crippen molar-refractivity contribution in [2.24, 2.45) is 5.92 Å². The van der Waals surface area contributed by atoms with Gasteiger partial charge in [0, 0.05) is 9.92 Å². The number of nitrogens with zero attached hydrogens (tertiary/aromatic N) is 1. The number of halogens is 2. The second-order valence-electron chi connectivity index (χ2n) is 5.29. The highest BCUT2D eigenvalue weighted by Crippen LogP contribution is 2.33. The Kier molecular flexibility index (Phi) is 6.40. The molecule has 0 spiro atoms. The quantitative estimate of drug-likeness (QED) is 0.798. The van der Waals surface area contributed by atoms with Crippen LogP contribution in [0.3, 0.4) is 0 Å². The van der Waals surface area contributed by atoms with Crippen LogP contribution >= 0.6 is 35.0 Å². The molecule has 3 nitrogen and oxygen atoms in total. The predicted octanol–water partition coefficient (Wildman–Crippen LogP) is 4.53. The molecule has 21 heavy (non-hydrogen) atoms. The van der Waals surface area contributed by atoms with Gasteiger partial charge in [0.2, 0.25) is 5.91 Å². The van der Waals surface area contributed by atoms with E-state index in [4.69, 9.17) is 23.2 Å². The van der Waals surface area contributed by atoms with Gasteiger partial charge < -0.3 is 5.32 Å². The number of hydrogen-bond acceptors (Lipinski definition) is 3. The minimum atomic E-state index is -0.885. The molecule has 0 heterocycles. The molecule has 0 aliphatic rings. The Morgan fingerprint density at radius 3 is 2.52 bits per heavy atom. The third-order valence-electron chi connectivity index (χ3n) is 3.34. The predicted molar refractivity (Wildman–Crippen MR) is 88.8 cm³/mol. The zero-order valence-electron chi connectivity index (χ0n) is 12.4. The Hall–Kier alpha value is -0.890. The van der Waals surface area contributed by atoms with Gasteiger partial charge in [-0.05, 0) is 38.0 Å². The van der Waals surface area contributed by atoms with Gasteiger partial charge >= 0.3 is 0 Å². The van der Waals surface area contributed by atoms with Crippen LogP contribution in [0.25, 0.3) is 0 Å². The first kappa shape index (κ1) is 18.2. The van der Waals surface area contributed by atoms with E-state index < -0.39 is 5.54 Å². The van der Waals surface area contributed by atoms with Crippen molar-refractivity contribution in [3.8, 4) is 6.07 Å². The SMILES string of the molecule is CC(Sc1cc(Cl)ccc1Cl)C(=O)NC(C)(C#N)C(C)C. The van der Waals surface area contributed by atoms with Gasteiger partial charge in [0.15, 0.2) is 0 Å². The number of thioether (sulfide) groups is 1. The minimum absolute atomic E-state index is 0.0124. The molecule has 0 bridgehead atoms. The van der Waals surface area contributed by atoms with Gasteiger partial charge in [-0.15, -0.1) is 11.8 Å². The zero-order chi connectivity index (χ0) is 16.2. The second kappa shape index (κ2) is 7.40. The first-order chi connectivity index (χ1) is 9.69. The van der Waals surface area contributed by atoms with Crippen molar-refractivity contribution in [2.45, 2.75) is 43.4 Å². The van der Waals surface area contributed by atoms with Crippen LogP contribution in [-0.2, 0) is 4.79 Å². The van der Waals surface area contributed by atoms with Crippen molar-refractivity contribution in [1.82, 2.24) is 5.32 Å². The summed E-state index contributed by atoms with van der Waals surface area (Å²) >= 11 is 13.3. The van der Waals surface area contributed by atoms with E-state index >= 15 is 0 Å². The molecule has 2 unspecified atom stereocenters. The number of carbonyl (C=O) groups is 1. The minimum Gasteiger partial charge on any atom is -0.337 e. The summed E-state index contributed by atoms with van der Waals surface area (Å²) in [5, 5.41) is 12.8. The van der Waals surface area contributed by atoms with Crippen molar-refractivity contribution in [2.75, 3.05) is 0 Å². The molecule has 0 radical (unpaired) electrons. The molecule has 1 amide bonds. The van der Waals surface area contributed by atoms with Gasteiger partial charge in [-0.25, -0.2) is 0 Å². The van der Waals surface area contributed by atoms with E-state index in [-0.39, 0.29) is 17.1 Å². The Labute approximate surface area is 140 Å². The third-order valence-corrected chi connectivity index (χ3v) is 5.17. The van der Waals surface area contributed by atoms with Crippen LogP contribution in [0.1, 0.15) is 27.7 Å². The smallest absolute Gasteiger partial charge is 0.234 e. The van der Waals surface area contributed by atoms with Crippen LogP contribution in [0.2, 0.25) is 10.0 Å². The van der Waals surface area contributed by atoms with E-state index in [0.29, 0.717) is 10.0 Å². The third kappa shape index (κ3) is 4.81. The van der Waals surface area contributed by atoms with Crippen LogP contribution in [-0.4, -0.2) is 16.7 Å². The van der Waals surface area contributed by atoms with Crippen LogP contribution in [0, 0.1) is 17.2 Å². The van der Waals surface area contributed by atoms with E-state index in [9.17, 15) is 10.1 Å². The lowest BCUT2D eigenvalue weighted by Gasteiger charge is -2.28. The first-order valence-corrected chi connectivity index (χ1v) is 8.18. The molecule has 0 aliphatic heterocycles. The lowest BCUT2D eigenvalue weighted by atomic mass is 9.90. The summed E-state index contributed by atoms with van der Waals surface area (Å²) in [6.07, 6.45) is 0. The van der Waals surface area contributed by atoms with Crippen LogP contribution < -0.4 is 5.32 Å². The maximum Gasteiger partial charge on any atom is 0.234 e. The average molecular weight is 345 g/mol. The standard InChI is InChI=1S/C15H18Cl2N2OS/c1-9(2)15(4,8-18)19-14(20)10(3)21-13-7-11(16)5-6-12(13)17/h5-7,9-10H,1-4H3,(H,19,20). The van der Waals surface area contributed by atoms with Gasteiger partial charge in [0.1, 0.15) is 5.54 Å². The van der Waals surface area contributed by atoms with E-state index in [1.165, 1.54) is 11.8 Å². The Morgan fingerprint density at radius 2 is 2.00 bits per heavy atom. The fourth-order valence-corrected chi connectivity index (χ4v) is 2.88. The summed E-state index contributed by atoms with van der Waals surface area (Å²) in [6.45, 7) is 7.29. The molecule has 0 saturated heterocycles. The van der Waals surface area contributed by atoms with Crippen LogP contribution in [0.4, 0.5) is 0 Å². The molecule has 1 aromatic carbocycles. The molecule has 6 heteroatoms. The lowest BCUT2D eigenvalue weighted by molar-refractivity contribution is -0.121. The number of amides is 1. The highest BCUT2D eigenvalue weighted by atomic mass is 35.5. The normalized spacial score (nSPS) is 15.1. The van der Waals surface area contributed by atoms with Crippen molar-refractivity contribution >= 4 is 40.9 Å². The molecule has 0 aliphatic carbocycles. The molecular formula is C15H18Cl2N2OS.